The van der Waals surface area contributed by atoms with Gasteiger partial charge in [0.1, 0.15) is 6.10 Å². The quantitative estimate of drug-likeness (QED) is 0.195. The zero-order chi connectivity index (χ0) is 23.0. The number of aliphatic carboxylic acids is 1. The first-order valence-corrected chi connectivity index (χ1v) is 13.2. The van der Waals surface area contributed by atoms with Crippen molar-refractivity contribution in [3.63, 3.8) is 0 Å². The van der Waals surface area contributed by atoms with Gasteiger partial charge in [-0.1, -0.05) is 69.8 Å². The van der Waals surface area contributed by atoms with Gasteiger partial charge in [-0.25, -0.2) is 0 Å². The van der Waals surface area contributed by atoms with Crippen molar-refractivity contribution in [3.05, 3.63) is 41.3 Å². The predicted molar refractivity (Wildman–Crippen MR) is 132 cm³/mol. The fourth-order valence-corrected chi connectivity index (χ4v) is 5.31. The molecule has 7 nitrogen and oxygen atoms in total. The summed E-state index contributed by atoms with van der Waals surface area (Å²) in [6.07, 6.45) is 17.5. The van der Waals surface area contributed by atoms with Gasteiger partial charge in [-0.2, -0.15) is 17.0 Å². The highest BCUT2D eigenvalue weighted by Gasteiger charge is 2.22. The highest BCUT2D eigenvalue weighted by Crippen LogP contribution is 2.35. The van der Waals surface area contributed by atoms with Gasteiger partial charge in [0.05, 0.1) is 16.5 Å². The van der Waals surface area contributed by atoms with Crippen LogP contribution < -0.4 is 0 Å². The van der Waals surface area contributed by atoms with Gasteiger partial charge in [-0.15, -0.1) is 21.5 Å². The molecule has 0 amide bonds. The second kappa shape index (κ2) is 15.8. The van der Waals surface area contributed by atoms with E-state index in [-0.39, 0.29) is 11.7 Å². The lowest BCUT2D eigenvalue weighted by Gasteiger charge is -2.18. The fourth-order valence-electron chi connectivity index (χ4n) is 3.16. The van der Waals surface area contributed by atoms with Gasteiger partial charge in [0.2, 0.25) is 5.82 Å². The lowest BCUT2D eigenvalue weighted by Crippen LogP contribution is -2.13. The normalized spacial score (nSPS) is 13.8. The summed E-state index contributed by atoms with van der Waals surface area (Å²) < 4.78 is 0. The zero-order valence-corrected chi connectivity index (χ0v) is 20.3. The summed E-state index contributed by atoms with van der Waals surface area (Å²) in [7, 11) is 0. The van der Waals surface area contributed by atoms with Crippen molar-refractivity contribution < 1.29 is 15.0 Å². The van der Waals surface area contributed by atoms with Gasteiger partial charge in [0.25, 0.3) is 0 Å². The molecule has 0 aliphatic carbocycles. The number of hydrogen-bond acceptors (Lipinski definition) is 7. The number of carboxylic acids is 1. The molecule has 0 aliphatic rings. The number of H-pyrrole nitrogens is 1. The molecule has 3 N–H and O–H groups in total. The maximum Gasteiger partial charge on any atom is 0.304 e. The van der Waals surface area contributed by atoms with E-state index in [1.807, 2.05) is 30.4 Å². The summed E-state index contributed by atoms with van der Waals surface area (Å²) in [5, 5.41) is 33.6. The van der Waals surface area contributed by atoms with Crippen LogP contribution in [-0.4, -0.2) is 47.8 Å². The van der Waals surface area contributed by atoms with E-state index in [1.54, 1.807) is 0 Å². The van der Waals surface area contributed by atoms with E-state index in [2.05, 4.69) is 33.6 Å². The van der Waals surface area contributed by atoms with Crippen LogP contribution >= 0.6 is 23.1 Å². The molecule has 0 radical (unpaired) electrons. The van der Waals surface area contributed by atoms with Crippen molar-refractivity contribution in [2.24, 2.45) is 0 Å². The average molecular weight is 479 g/mol. The SMILES string of the molecule is CCCCCCCCCC=CC=C[C@@H](SCCC(=O)O)[C@H](O)c1ccc(-c2nn[nH]n2)s1. The van der Waals surface area contributed by atoms with Crippen LogP contribution in [0.5, 0.6) is 0 Å². The number of rotatable bonds is 17. The van der Waals surface area contributed by atoms with E-state index in [0.717, 1.165) is 16.2 Å². The second-order valence-corrected chi connectivity index (χ2v) is 9.99. The first-order chi connectivity index (χ1) is 15.6. The third-order valence-corrected chi connectivity index (χ3v) is 7.34. The number of thiophene rings is 1. The molecular formula is C23H34N4O3S2. The Morgan fingerprint density at radius 1 is 1.19 bits per heavy atom. The summed E-state index contributed by atoms with van der Waals surface area (Å²) in [5.41, 5.74) is 0. The average Bonchev–Trinajstić information content (AvgIpc) is 3.47. The van der Waals surface area contributed by atoms with Crippen molar-refractivity contribution in [3.8, 4) is 10.7 Å². The number of aromatic nitrogens is 4. The van der Waals surface area contributed by atoms with E-state index >= 15 is 0 Å². The first kappa shape index (κ1) is 26.3. The molecular weight excluding hydrogens is 444 g/mol. The fraction of sp³-hybridized carbons (Fsp3) is 0.565. The standard InChI is InChI=1S/C23H34N4O3S2/c1-2-3-4-5-6-7-8-9-10-11-12-13-18(31-17-16-21(28)29)22(30)19-14-15-20(32-19)23-24-26-27-25-23/h10-15,18,22,30H,2-9,16-17H2,1H3,(H,28,29)(H,24,25,26,27)/t18-,22+/m1/s1. The number of tetrazole rings is 1. The number of carbonyl (C=O) groups is 1. The van der Waals surface area contributed by atoms with Crippen molar-refractivity contribution in [1.29, 1.82) is 0 Å². The van der Waals surface area contributed by atoms with E-state index < -0.39 is 12.1 Å². The van der Waals surface area contributed by atoms with E-state index in [0.29, 0.717) is 11.6 Å². The van der Waals surface area contributed by atoms with Gasteiger partial charge in [0, 0.05) is 10.6 Å². The van der Waals surface area contributed by atoms with Crippen molar-refractivity contribution >= 4 is 29.1 Å². The van der Waals surface area contributed by atoms with Gasteiger partial charge >= 0.3 is 5.97 Å². The number of aliphatic hydroxyl groups excluding tert-OH is 1. The van der Waals surface area contributed by atoms with Crippen LogP contribution in [0, 0.1) is 0 Å². The van der Waals surface area contributed by atoms with E-state index in [1.165, 1.54) is 68.0 Å². The van der Waals surface area contributed by atoms with Gasteiger partial charge in [-0.05, 0) is 30.2 Å². The van der Waals surface area contributed by atoms with Crippen molar-refractivity contribution in [2.75, 3.05) is 5.75 Å². The van der Waals surface area contributed by atoms with E-state index in [4.69, 9.17) is 5.11 Å². The van der Waals surface area contributed by atoms with Crippen LogP contribution in [0.3, 0.4) is 0 Å². The Bertz CT molecular complexity index is 821. The Balaban J connectivity index is 1.85. The third-order valence-electron chi connectivity index (χ3n) is 4.94. The maximum absolute atomic E-state index is 10.9. The minimum atomic E-state index is -0.833. The summed E-state index contributed by atoms with van der Waals surface area (Å²) in [6.45, 7) is 2.24. The lowest BCUT2D eigenvalue weighted by molar-refractivity contribution is -0.136. The van der Waals surface area contributed by atoms with Crippen LogP contribution in [0.15, 0.2) is 36.4 Å². The van der Waals surface area contributed by atoms with Crippen LogP contribution in [0.1, 0.15) is 75.7 Å². The number of aromatic amines is 1. The number of thioether (sulfide) groups is 1. The number of carboxylic acid groups (broad SMARTS) is 1. The molecule has 0 bridgehead atoms. The number of nitrogens with one attached hydrogen (secondary N) is 1. The molecule has 32 heavy (non-hydrogen) atoms. The molecule has 0 saturated carbocycles. The number of hydrogen-bond donors (Lipinski definition) is 3. The summed E-state index contributed by atoms with van der Waals surface area (Å²) in [5.74, 6) is 0.0962. The topological polar surface area (TPSA) is 112 Å². The first-order valence-electron chi connectivity index (χ1n) is 11.3. The number of aliphatic hydroxyl groups is 1. The zero-order valence-electron chi connectivity index (χ0n) is 18.7. The molecule has 9 heteroatoms. The molecule has 2 atom stereocenters. The Kier molecular flexibility index (Phi) is 13.0. The Labute approximate surface area is 198 Å². The molecule has 0 spiro atoms. The summed E-state index contributed by atoms with van der Waals surface area (Å²) in [6, 6.07) is 3.72. The molecule has 2 aromatic rings. The maximum atomic E-state index is 10.9. The molecule has 0 unspecified atom stereocenters. The van der Waals surface area contributed by atoms with Crippen molar-refractivity contribution in [1.82, 2.24) is 20.6 Å². The minimum Gasteiger partial charge on any atom is -0.481 e. The Morgan fingerprint density at radius 3 is 2.69 bits per heavy atom. The monoisotopic (exact) mass is 478 g/mol. The van der Waals surface area contributed by atoms with Gasteiger partial charge in [0.15, 0.2) is 0 Å². The number of nitrogens with zero attached hydrogens (tertiary/aromatic N) is 3. The van der Waals surface area contributed by atoms with Gasteiger partial charge in [-0.3, -0.25) is 4.79 Å². The lowest BCUT2D eigenvalue weighted by atomic mass is 10.1. The Morgan fingerprint density at radius 2 is 1.97 bits per heavy atom. The molecule has 0 fully saturated rings. The third kappa shape index (κ3) is 10.1. The second-order valence-electron chi connectivity index (χ2n) is 7.58. The van der Waals surface area contributed by atoms with Crippen LogP contribution in [0.4, 0.5) is 0 Å². The Hall–Kier alpha value is -1.97. The van der Waals surface area contributed by atoms with Gasteiger partial charge < -0.3 is 10.2 Å². The van der Waals surface area contributed by atoms with Crippen LogP contribution in [-0.2, 0) is 4.79 Å². The molecule has 0 saturated heterocycles. The summed E-state index contributed by atoms with van der Waals surface area (Å²) in [4.78, 5) is 12.5. The van der Waals surface area contributed by atoms with Crippen LogP contribution in [0.25, 0.3) is 10.7 Å². The van der Waals surface area contributed by atoms with Crippen LogP contribution in [0.2, 0.25) is 0 Å². The van der Waals surface area contributed by atoms with E-state index in [9.17, 15) is 9.90 Å². The largest absolute Gasteiger partial charge is 0.481 e. The number of allylic oxidation sites excluding steroid dienone is 3. The molecule has 176 valence electrons. The predicted octanol–water partition coefficient (Wildman–Crippen LogP) is 5.79. The number of unbranched alkanes of at least 4 members (excludes halogenated alkanes) is 7. The molecule has 0 aliphatic heterocycles. The highest BCUT2D eigenvalue weighted by atomic mass is 32.2. The molecule has 2 heterocycles. The minimum absolute atomic E-state index is 0.0639. The smallest absolute Gasteiger partial charge is 0.304 e. The molecule has 0 aromatic carbocycles. The van der Waals surface area contributed by atoms with Crippen molar-refractivity contribution in [2.45, 2.75) is 76.1 Å². The molecule has 2 rings (SSSR count). The summed E-state index contributed by atoms with van der Waals surface area (Å²) >= 11 is 2.86. The molecule has 2 aromatic heterocycles. The highest BCUT2D eigenvalue weighted by molar-refractivity contribution is 8.00.